The summed E-state index contributed by atoms with van der Waals surface area (Å²) in [5.74, 6) is 0.136. The monoisotopic (exact) mass is 422 g/mol. The fourth-order valence-electron chi connectivity index (χ4n) is 3.45. The van der Waals surface area contributed by atoms with Crippen LogP contribution in [0.5, 0.6) is 5.75 Å². The first-order chi connectivity index (χ1) is 14.2. The highest BCUT2D eigenvalue weighted by Gasteiger charge is 2.35. The van der Waals surface area contributed by atoms with Gasteiger partial charge >= 0.3 is 0 Å². The van der Waals surface area contributed by atoms with E-state index >= 15 is 0 Å². The van der Waals surface area contributed by atoms with Crippen LogP contribution in [-0.2, 0) is 9.59 Å². The molecule has 0 spiro atoms. The number of amides is 2. The van der Waals surface area contributed by atoms with Gasteiger partial charge in [0.15, 0.2) is 5.11 Å². The molecule has 1 N–H and O–H groups in total. The Balaban J connectivity index is 2.09. The molecule has 0 atom stereocenters. The molecule has 0 aromatic heterocycles. The summed E-state index contributed by atoms with van der Waals surface area (Å²) in [7, 11) is 0. The summed E-state index contributed by atoms with van der Waals surface area (Å²) in [6.07, 6.45) is 1.64. The maximum atomic E-state index is 13.3. The number of hydrogen-bond donors (Lipinski definition) is 1. The predicted octanol–water partition coefficient (Wildman–Crippen LogP) is 4.66. The number of nitrogens with zero attached hydrogens (tertiary/aromatic N) is 1. The third-order valence-electron chi connectivity index (χ3n) is 5.08. The Morgan fingerprint density at radius 2 is 1.83 bits per heavy atom. The van der Waals surface area contributed by atoms with E-state index in [4.69, 9.17) is 17.0 Å². The summed E-state index contributed by atoms with van der Waals surface area (Å²) in [5.41, 5.74) is 4.36. The Morgan fingerprint density at radius 1 is 1.13 bits per heavy atom. The summed E-state index contributed by atoms with van der Waals surface area (Å²) < 4.78 is 5.78. The maximum absolute atomic E-state index is 13.3. The minimum atomic E-state index is -0.491. The Bertz CT molecular complexity index is 1060. The van der Waals surface area contributed by atoms with Crippen molar-refractivity contribution < 1.29 is 14.3 Å². The van der Waals surface area contributed by atoms with Gasteiger partial charge in [0.05, 0.1) is 12.3 Å². The van der Waals surface area contributed by atoms with Gasteiger partial charge in [-0.15, -0.1) is 0 Å². The number of para-hydroxylation sites is 1. The van der Waals surface area contributed by atoms with E-state index in [0.29, 0.717) is 12.3 Å². The second kappa shape index (κ2) is 8.79. The van der Waals surface area contributed by atoms with Crippen molar-refractivity contribution in [3.63, 3.8) is 0 Å². The molecule has 30 heavy (non-hydrogen) atoms. The number of anilines is 1. The number of benzene rings is 2. The van der Waals surface area contributed by atoms with Crippen molar-refractivity contribution in [3.8, 4) is 5.75 Å². The first kappa shape index (κ1) is 21.7. The van der Waals surface area contributed by atoms with Crippen LogP contribution in [0.15, 0.2) is 42.0 Å². The van der Waals surface area contributed by atoms with E-state index in [9.17, 15) is 9.59 Å². The van der Waals surface area contributed by atoms with Crippen LogP contribution in [0.2, 0.25) is 0 Å². The number of nitrogens with one attached hydrogen (secondary N) is 1. The van der Waals surface area contributed by atoms with Gasteiger partial charge in [0, 0.05) is 0 Å². The van der Waals surface area contributed by atoms with Crippen LogP contribution < -0.4 is 15.0 Å². The maximum Gasteiger partial charge on any atom is 0.270 e. The second-order valence-electron chi connectivity index (χ2n) is 7.58. The molecule has 1 saturated heterocycles. The molecule has 0 radical (unpaired) electrons. The van der Waals surface area contributed by atoms with Crippen molar-refractivity contribution in [1.82, 2.24) is 5.32 Å². The van der Waals surface area contributed by atoms with Crippen molar-refractivity contribution in [1.29, 1.82) is 0 Å². The highest BCUT2D eigenvalue weighted by molar-refractivity contribution is 7.80. The fourth-order valence-corrected chi connectivity index (χ4v) is 3.72. The van der Waals surface area contributed by atoms with Crippen LogP contribution in [0.25, 0.3) is 6.08 Å². The zero-order valence-electron chi connectivity index (χ0n) is 17.9. The minimum absolute atomic E-state index is 0.0498. The number of ether oxygens (including phenoxy) is 1. The molecule has 1 fully saturated rings. The van der Waals surface area contributed by atoms with Gasteiger partial charge in [0.2, 0.25) is 0 Å². The van der Waals surface area contributed by atoms with E-state index < -0.39 is 11.8 Å². The third kappa shape index (κ3) is 4.14. The minimum Gasteiger partial charge on any atom is -0.494 e. The molecular weight excluding hydrogens is 396 g/mol. The molecule has 156 valence electrons. The van der Waals surface area contributed by atoms with Gasteiger partial charge in [0.25, 0.3) is 11.8 Å². The fraction of sp³-hybridized carbons (Fsp3) is 0.292. The van der Waals surface area contributed by atoms with E-state index in [-0.39, 0.29) is 16.6 Å². The van der Waals surface area contributed by atoms with E-state index in [1.807, 2.05) is 57.2 Å². The smallest absolute Gasteiger partial charge is 0.270 e. The van der Waals surface area contributed by atoms with Crippen LogP contribution >= 0.6 is 12.2 Å². The zero-order valence-corrected chi connectivity index (χ0v) is 18.7. The molecule has 5 nitrogen and oxygen atoms in total. The van der Waals surface area contributed by atoms with Gasteiger partial charge in [-0.3, -0.25) is 19.8 Å². The summed E-state index contributed by atoms with van der Waals surface area (Å²) in [4.78, 5) is 27.3. The summed E-state index contributed by atoms with van der Waals surface area (Å²) in [5, 5.41) is 2.73. The lowest BCUT2D eigenvalue weighted by Crippen LogP contribution is -2.54. The standard InChI is InChI=1S/C24H26N2O3S/c1-6-29-21-11-16(5)17(12-18(21)14(2)3)13-19-22(27)25-24(30)26(23(19)28)20-10-8-7-9-15(20)4/h7-14H,6H2,1-5H3,(H,25,27,30)/b19-13+. The summed E-state index contributed by atoms with van der Waals surface area (Å²) >= 11 is 5.30. The Labute approximate surface area is 182 Å². The van der Waals surface area contributed by atoms with Gasteiger partial charge in [0.1, 0.15) is 11.3 Å². The van der Waals surface area contributed by atoms with E-state index in [0.717, 1.165) is 28.0 Å². The van der Waals surface area contributed by atoms with Crippen LogP contribution in [-0.4, -0.2) is 23.5 Å². The topological polar surface area (TPSA) is 58.6 Å². The van der Waals surface area contributed by atoms with Crippen LogP contribution in [0.4, 0.5) is 5.69 Å². The zero-order chi connectivity index (χ0) is 22.0. The molecule has 3 rings (SSSR count). The molecule has 2 aromatic rings. The lowest BCUT2D eigenvalue weighted by Gasteiger charge is -2.30. The van der Waals surface area contributed by atoms with Crippen molar-refractivity contribution in [3.05, 3.63) is 64.2 Å². The average molecular weight is 423 g/mol. The van der Waals surface area contributed by atoms with Gasteiger partial charge in [-0.25, -0.2) is 0 Å². The summed E-state index contributed by atoms with van der Waals surface area (Å²) in [6.45, 7) is 10.5. The number of rotatable bonds is 5. The van der Waals surface area contributed by atoms with Crippen LogP contribution in [0.1, 0.15) is 48.9 Å². The highest BCUT2D eigenvalue weighted by atomic mass is 32.1. The lowest BCUT2D eigenvalue weighted by molar-refractivity contribution is -0.122. The number of carbonyl (C=O) groups excluding carboxylic acids is 2. The molecule has 0 aliphatic carbocycles. The van der Waals surface area contributed by atoms with Crippen molar-refractivity contribution in [2.45, 2.75) is 40.5 Å². The van der Waals surface area contributed by atoms with Crippen molar-refractivity contribution in [2.75, 3.05) is 11.5 Å². The molecule has 6 heteroatoms. The first-order valence-corrected chi connectivity index (χ1v) is 10.4. The normalized spacial score (nSPS) is 15.7. The van der Waals surface area contributed by atoms with Crippen LogP contribution in [0, 0.1) is 13.8 Å². The molecule has 2 aromatic carbocycles. The largest absolute Gasteiger partial charge is 0.494 e. The van der Waals surface area contributed by atoms with Gasteiger partial charge in [-0.2, -0.15) is 0 Å². The SMILES string of the molecule is CCOc1cc(C)c(/C=C2\C(=O)NC(=S)N(c3ccccc3C)C2=O)cc1C(C)C. The summed E-state index contributed by atoms with van der Waals surface area (Å²) in [6, 6.07) is 11.4. The first-order valence-electron chi connectivity index (χ1n) is 9.99. The molecule has 1 heterocycles. The molecular formula is C24H26N2O3S. The van der Waals surface area contributed by atoms with Gasteiger partial charge in [-0.1, -0.05) is 32.0 Å². The highest BCUT2D eigenvalue weighted by Crippen LogP contribution is 2.32. The number of thiocarbonyl (C=S) groups is 1. The number of carbonyl (C=O) groups is 2. The molecule has 2 amide bonds. The average Bonchev–Trinajstić information content (AvgIpc) is 2.67. The molecule has 0 unspecified atom stereocenters. The Kier molecular flexibility index (Phi) is 6.37. The third-order valence-corrected chi connectivity index (χ3v) is 5.36. The quantitative estimate of drug-likeness (QED) is 0.433. The number of aryl methyl sites for hydroxylation is 2. The van der Waals surface area contributed by atoms with Crippen LogP contribution in [0.3, 0.4) is 0 Å². The predicted molar refractivity (Wildman–Crippen MR) is 124 cm³/mol. The van der Waals surface area contributed by atoms with E-state index in [1.165, 1.54) is 4.90 Å². The molecule has 0 saturated carbocycles. The molecule has 1 aliphatic heterocycles. The Hall–Kier alpha value is -2.99. The number of hydrogen-bond acceptors (Lipinski definition) is 4. The van der Waals surface area contributed by atoms with Crippen molar-refractivity contribution >= 4 is 40.9 Å². The second-order valence-corrected chi connectivity index (χ2v) is 7.97. The Morgan fingerprint density at radius 3 is 2.47 bits per heavy atom. The van der Waals surface area contributed by atoms with Gasteiger partial charge in [-0.05, 0) is 85.4 Å². The lowest BCUT2D eigenvalue weighted by atomic mass is 9.94. The van der Waals surface area contributed by atoms with Gasteiger partial charge < -0.3 is 4.74 Å². The van der Waals surface area contributed by atoms with Crippen molar-refractivity contribution in [2.24, 2.45) is 0 Å². The molecule has 0 bridgehead atoms. The van der Waals surface area contributed by atoms with E-state index in [1.54, 1.807) is 6.08 Å². The molecule has 1 aliphatic rings. The van der Waals surface area contributed by atoms with E-state index in [2.05, 4.69) is 19.2 Å².